The molecule has 2 rings (SSSR count). The van der Waals surface area contributed by atoms with Crippen molar-refractivity contribution in [1.82, 2.24) is 4.57 Å². The Labute approximate surface area is 121 Å². The normalized spacial score (nSPS) is 10.3. The molecule has 6 nitrogen and oxygen atoms in total. The lowest BCUT2D eigenvalue weighted by molar-refractivity contribution is 0.0696. The Bertz CT molecular complexity index is 676. The largest absolute Gasteiger partial charge is 0.506 e. The number of anilines is 1. The van der Waals surface area contributed by atoms with E-state index in [4.69, 9.17) is 5.11 Å². The number of phenolic OH excluding ortho intramolecular Hbond substituents is 1. The predicted molar refractivity (Wildman–Crippen MR) is 77.7 cm³/mol. The molecule has 0 aliphatic rings. The maximum absolute atomic E-state index is 12.2. The summed E-state index contributed by atoms with van der Waals surface area (Å²) in [5.74, 6) is -1.77. The monoisotopic (exact) mass is 288 g/mol. The maximum atomic E-state index is 12.2. The van der Waals surface area contributed by atoms with Gasteiger partial charge in [-0.15, -0.1) is 0 Å². The number of benzene rings is 1. The molecular weight excluding hydrogens is 272 g/mol. The number of aromatic nitrogens is 1. The minimum atomic E-state index is -1.14. The first-order valence-electron chi connectivity index (χ1n) is 6.55. The van der Waals surface area contributed by atoms with Gasteiger partial charge in [0.2, 0.25) is 0 Å². The van der Waals surface area contributed by atoms with Gasteiger partial charge in [-0.1, -0.05) is 6.92 Å². The summed E-state index contributed by atoms with van der Waals surface area (Å²) in [6, 6.07) is 7.25. The van der Waals surface area contributed by atoms with Gasteiger partial charge < -0.3 is 20.1 Å². The van der Waals surface area contributed by atoms with Crippen LogP contribution >= 0.6 is 0 Å². The highest BCUT2D eigenvalue weighted by molar-refractivity contribution is 6.04. The molecule has 0 aliphatic carbocycles. The first-order valence-corrected chi connectivity index (χ1v) is 6.55. The number of aromatic hydroxyl groups is 1. The van der Waals surface area contributed by atoms with Crippen molar-refractivity contribution in [1.29, 1.82) is 0 Å². The highest BCUT2D eigenvalue weighted by atomic mass is 16.4. The minimum absolute atomic E-state index is 0.0418. The summed E-state index contributed by atoms with van der Waals surface area (Å²) < 4.78 is 1.82. The number of carbonyl (C=O) groups excluding carboxylic acids is 1. The number of rotatable bonds is 5. The fourth-order valence-corrected chi connectivity index (χ4v) is 2.01. The zero-order chi connectivity index (χ0) is 15.4. The molecule has 1 amide bonds. The summed E-state index contributed by atoms with van der Waals surface area (Å²) >= 11 is 0. The Morgan fingerprint density at radius 1 is 1.29 bits per heavy atom. The Morgan fingerprint density at radius 3 is 2.67 bits per heavy atom. The van der Waals surface area contributed by atoms with Crippen LogP contribution in [-0.4, -0.2) is 26.7 Å². The molecule has 21 heavy (non-hydrogen) atoms. The first-order chi connectivity index (χ1) is 10.0. The van der Waals surface area contributed by atoms with Crippen LogP contribution in [0.2, 0.25) is 0 Å². The van der Waals surface area contributed by atoms with Crippen LogP contribution in [0, 0.1) is 0 Å². The summed E-state index contributed by atoms with van der Waals surface area (Å²) in [7, 11) is 0. The van der Waals surface area contributed by atoms with Crippen LogP contribution in [0.4, 0.5) is 5.69 Å². The maximum Gasteiger partial charge on any atom is 0.335 e. The Kier molecular flexibility index (Phi) is 4.27. The lowest BCUT2D eigenvalue weighted by atomic mass is 10.2. The first kappa shape index (κ1) is 14.6. The lowest BCUT2D eigenvalue weighted by Gasteiger charge is -2.10. The number of hydrogen-bond donors (Lipinski definition) is 3. The van der Waals surface area contributed by atoms with Crippen LogP contribution in [0.3, 0.4) is 0 Å². The molecule has 0 bridgehead atoms. The molecule has 0 spiro atoms. The van der Waals surface area contributed by atoms with E-state index in [-0.39, 0.29) is 22.9 Å². The van der Waals surface area contributed by atoms with Crippen molar-refractivity contribution in [3.63, 3.8) is 0 Å². The van der Waals surface area contributed by atoms with Gasteiger partial charge in [-0.2, -0.15) is 0 Å². The Morgan fingerprint density at radius 2 is 2.05 bits per heavy atom. The topological polar surface area (TPSA) is 91.6 Å². The van der Waals surface area contributed by atoms with E-state index in [1.54, 1.807) is 12.1 Å². The molecule has 0 aliphatic heterocycles. The molecule has 1 heterocycles. The number of amides is 1. The smallest absolute Gasteiger partial charge is 0.335 e. The van der Waals surface area contributed by atoms with E-state index in [0.29, 0.717) is 5.69 Å². The van der Waals surface area contributed by atoms with Gasteiger partial charge in [0, 0.05) is 12.7 Å². The van der Waals surface area contributed by atoms with Crippen molar-refractivity contribution < 1.29 is 19.8 Å². The number of phenols is 1. The van der Waals surface area contributed by atoms with Crippen LogP contribution in [0.1, 0.15) is 34.2 Å². The summed E-state index contributed by atoms with van der Waals surface area (Å²) in [5, 5.41) is 21.2. The van der Waals surface area contributed by atoms with Gasteiger partial charge in [0.1, 0.15) is 11.4 Å². The molecule has 2 aromatic rings. The zero-order valence-corrected chi connectivity index (χ0v) is 11.5. The molecule has 0 unspecified atom stereocenters. The van der Waals surface area contributed by atoms with Gasteiger partial charge >= 0.3 is 5.97 Å². The number of carboxylic acid groups (broad SMARTS) is 1. The summed E-state index contributed by atoms with van der Waals surface area (Å²) in [5.41, 5.74) is 0.618. The van der Waals surface area contributed by atoms with Crippen molar-refractivity contribution >= 4 is 17.6 Å². The molecule has 3 N–H and O–H groups in total. The summed E-state index contributed by atoms with van der Waals surface area (Å²) in [6.07, 6.45) is 2.71. The highest BCUT2D eigenvalue weighted by Gasteiger charge is 2.14. The summed E-state index contributed by atoms with van der Waals surface area (Å²) in [6.45, 7) is 2.73. The van der Waals surface area contributed by atoms with E-state index in [2.05, 4.69) is 5.32 Å². The van der Waals surface area contributed by atoms with Gasteiger partial charge in [0.25, 0.3) is 5.91 Å². The second kappa shape index (κ2) is 6.13. The van der Waals surface area contributed by atoms with Gasteiger partial charge in [-0.25, -0.2) is 4.79 Å². The van der Waals surface area contributed by atoms with Gasteiger partial charge in [-0.05, 0) is 36.8 Å². The SMILES string of the molecule is CCCn1cccc1C(=O)Nc1ccc(C(=O)O)cc1O. The molecular formula is C15H16N2O4. The number of aryl methyl sites for hydroxylation is 1. The van der Waals surface area contributed by atoms with Crippen LogP contribution in [0.5, 0.6) is 5.75 Å². The van der Waals surface area contributed by atoms with E-state index >= 15 is 0 Å². The van der Waals surface area contributed by atoms with E-state index in [1.165, 1.54) is 12.1 Å². The predicted octanol–water partition coefficient (Wildman–Crippen LogP) is 2.55. The fourth-order valence-electron chi connectivity index (χ4n) is 2.01. The third-order valence-electron chi connectivity index (χ3n) is 3.02. The highest BCUT2D eigenvalue weighted by Crippen LogP contribution is 2.25. The number of carboxylic acids is 1. The van der Waals surface area contributed by atoms with E-state index in [1.807, 2.05) is 17.7 Å². The van der Waals surface area contributed by atoms with E-state index in [9.17, 15) is 14.7 Å². The second-order valence-electron chi connectivity index (χ2n) is 4.58. The fraction of sp³-hybridized carbons (Fsp3) is 0.200. The van der Waals surface area contributed by atoms with Crippen LogP contribution in [0.25, 0.3) is 0 Å². The number of hydrogen-bond acceptors (Lipinski definition) is 3. The average molecular weight is 288 g/mol. The molecule has 0 saturated heterocycles. The molecule has 6 heteroatoms. The molecule has 0 radical (unpaired) electrons. The van der Waals surface area contributed by atoms with Crippen molar-refractivity contribution in [2.24, 2.45) is 0 Å². The number of carbonyl (C=O) groups is 2. The van der Waals surface area contributed by atoms with Crippen molar-refractivity contribution in [3.05, 3.63) is 47.8 Å². The third kappa shape index (κ3) is 3.22. The van der Waals surface area contributed by atoms with Crippen LogP contribution in [-0.2, 0) is 6.54 Å². The van der Waals surface area contributed by atoms with E-state index < -0.39 is 5.97 Å². The number of aromatic carboxylic acids is 1. The molecule has 110 valence electrons. The molecule has 0 saturated carbocycles. The van der Waals surface area contributed by atoms with Gasteiger partial charge in [0.15, 0.2) is 0 Å². The molecule has 1 aromatic carbocycles. The second-order valence-corrected chi connectivity index (χ2v) is 4.58. The Hall–Kier alpha value is -2.76. The summed E-state index contributed by atoms with van der Waals surface area (Å²) in [4.78, 5) is 23.0. The van der Waals surface area contributed by atoms with Crippen molar-refractivity contribution in [2.45, 2.75) is 19.9 Å². The average Bonchev–Trinajstić information content (AvgIpc) is 2.89. The molecule has 1 aromatic heterocycles. The quantitative estimate of drug-likeness (QED) is 0.737. The van der Waals surface area contributed by atoms with Crippen LogP contribution in [0.15, 0.2) is 36.5 Å². The lowest BCUT2D eigenvalue weighted by Crippen LogP contribution is -2.17. The van der Waals surface area contributed by atoms with Crippen molar-refractivity contribution in [3.8, 4) is 5.75 Å². The molecule has 0 fully saturated rings. The number of nitrogens with zero attached hydrogens (tertiary/aromatic N) is 1. The van der Waals surface area contributed by atoms with Crippen molar-refractivity contribution in [2.75, 3.05) is 5.32 Å². The van der Waals surface area contributed by atoms with Gasteiger partial charge in [0.05, 0.1) is 11.3 Å². The van der Waals surface area contributed by atoms with E-state index in [0.717, 1.165) is 19.0 Å². The zero-order valence-electron chi connectivity index (χ0n) is 11.5. The molecule has 0 atom stereocenters. The van der Waals surface area contributed by atoms with Crippen LogP contribution < -0.4 is 5.32 Å². The third-order valence-corrected chi connectivity index (χ3v) is 3.02. The van der Waals surface area contributed by atoms with Gasteiger partial charge in [-0.3, -0.25) is 4.79 Å². The minimum Gasteiger partial charge on any atom is -0.506 e. The Balaban J connectivity index is 2.19. The standard InChI is InChI=1S/C15H16N2O4/c1-2-7-17-8-3-4-12(17)14(19)16-11-6-5-10(15(20)21)9-13(11)18/h3-6,8-9,18H,2,7H2,1H3,(H,16,19)(H,20,21). The number of nitrogens with one attached hydrogen (secondary N) is 1.